The first kappa shape index (κ1) is 18.9. The summed E-state index contributed by atoms with van der Waals surface area (Å²) in [6, 6.07) is 9.31. The van der Waals surface area contributed by atoms with E-state index in [4.69, 9.17) is 9.15 Å². The van der Waals surface area contributed by atoms with Crippen LogP contribution < -0.4 is 5.32 Å². The van der Waals surface area contributed by atoms with E-state index < -0.39 is 0 Å². The molecule has 7 heteroatoms. The van der Waals surface area contributed by atoms with Gasteiger partial charge in [0.1, 0.15) is 5.00 Å². The second-order valence-electron chi connectivity index (χ2n) is 6.76. The summed E-state index contributed by atoms with van der Waals surface area (Å²) in [6.07, 6.45) is 3.32. The highest BCUT2D eigenvalue weighted by Crippen LogP contribution is 2.42. The van der Waals surface area contributed by atoms with Gasteiger partial charge in [-0.05, 0) is 43.7 Å². The number of carbonyl (C=O) groups is 1. The Morgan fingerprint density at radius 3 is 2.71 bits per heavy atom. The van der Waals surface area contributed by atoms with Crippen LogP contribution in [0.1, 0.15) is 38.3 Å². The Labute approximate surface area is 168 Å². The molecule has 6 nitrogen and oxygen atoms in total. The van der Waals surface area contributed by atoms with Crippen LogP contribution in [0.4, 0.5) is 5.00 Å². The van der Waals surface area contributed by atoms with Gasteiger partial charge in [0.2, 0.25) is 0 Å². The molecule has 1 saturated heterocycles. The molecule has 3 aromatic heterocycles. The summed E-state index contributed by atoms with van der Waals surface area (Å²) in [5.41, 5.74) is 3.25. The Kier molecular flexibility index (Phi) is 5.57. The molecule has 1 aliphatic heterocycles. The van der Waals surface area contributed by atoms with E-state index in [1.807, 2.05) is 24.4 Å². The third-order valence-electron chi connectivity index (χ3n) is 5.06. The summed E-state index contributed by atoms with van der Waals surface area (Å²) in [6.45, 7) is 7.22. The number of ether oxygens (including phenoxy) is 1. The molecule has 0 unspecified atom stereocenters. The molecule has 1 atom stereocenters. The molecule has 0 aliphatic carbocycles. The molecule has 0 radical (unpaired) electrons. The summed E-state index contributed by atoms with van der Waals surface area (Å²) in [5, 5.41) is 3.91. The Balaban J connectivity index is 1.76. The number of anilines is 1. The lowest BCUT2D eigenvalue weighted by atomic mass is 9.98. The van der Waals surface area contributed by atoms with Crippen LogP contribution in [0.25, 0.3) is 0 Å². The number of nitrogens with zero attached hydrogens (tertiary/aromatic N) is 2. The van der Waals surface area contributed by atoms with Crippen molar-refractivity contribution in [3.05, 3.63) is 70.3 Å². The number of thiophene rings is 1. The van der Waals surface area contributed by atoms with Crippen molar-refractivity contribution in [1.29, 1.82) is 0 Å². The van der Waals surface area contributed by atoms with Crippen molar-refractivity contribution < 1.29 is 13.9 Å². The van der Waals surface area contributed by atoms with Gasteiger partial charge >= 0.3 is 0 Å². The minimum Gasteiger partial charge on any atom is -0.459 e. The molecule has 0 spiro atoms. The van der Waals surface area contributed by atoms with Gasteiger partial charge in [-0.15, -0.1) is 11.3 Å². The Morgan fingerprint density at radius 1 is 1.21 bits per heavy atom. The number of aromatic nitrogens is 1. The van der Waals surface area contributed by atoms with E-state index in [2.05, 4.69) is 29.0 Å². The first-order chi connectivity index (χ1) is 13.6. The highest BCUT2D eigenvalue weighted by Gasteiger charge is 2.31. The molecule has 3 aromatic rings. The number of hydrogen-bond donors (Lipinski definition) is 1. The highest BCUT2D eigenvalue weighted by atomic mass is 32.1. The van der Waals surface area contributed by atoms with Gasteiger partial charge in [-0.2, -0.15) is 0 Å². The first-order valence-corrected chi connectivity index (χ1v) is 10.1. The molecule has 1 aliphatic rings. The zero-order valence-electron chi connectivity index (χ0n) is 16.0. The van der Waals surface area contributed by atoms with Crippen molar-refractivity contribution in [1.82, 2.24) is 9.88 Å². The SMILES string of the molecule is Cc1sc(NC(=O)c2ccco2)c([C@@H](c2ccccn2)N2CCOCC2)c1C. The number of nitrogens with one attached hydrogen (secondary N) is 1. The molecular weight excluding hydrogens is 374 g/mol. The largest absolute Gasteiger partial charge is 0.459 e. The van der Waals surface area contributed by atoms with E-state index in [0.29, 0.717) is 19.0 Å². The van der Waals surface area contributed by atoms with Gasteiger partial charge in [-0.25, -0.2) is 0 Å². The molecule has 1 fully saturated rings. The number of carbonyl (C=O) groups excluding carboxylic acids is 1. The van der Waals surface area contributed by atoms with Crippen molar-refractivity contribution >= 4 is 22.2 Å². The summed E-state index contributed by atoms with van der Waals surface area (Å²) < 4.78 is 10.8. The fourth-order valence-corrected chi connectivity index (χ4v) is 4.62. The number of amides is 1. The maximum absolute atomic E-state index is 12.6. The molecule has 28 heavy (non-hydrogen) atoms. The molecule has 4 heterocycles. The molecule has 0 aromatic carbocycles. The highest BCUT2D eigenvalue weighted by molar-refractivity contribution is 7.16. The van der Waals surface area contributed by atoms with E-state index in [1.54, 1.807) is 23.5 Å². The van der Waals surface area contributed by atoms with Crippen LogP contribution in [0.3, 0.4) is 0 Å². The van der Waals surface area contributed by atoms with Crippen molar-refractivity contribution in [2.75, 3.05) is 31.6 Å². The third-order valence-corrected chi connectivity index (χ3v) is 6.19. The summed E-state index contributed by atoms with van der Waals surface area (Å²) >= 11 is 1.59. The fraction of sp³-hybridized carbons (Fsp3) is 0.333. The average molecular weight is 398 g/mol. The maximum Gasteiger partial charge on any atom is 0.291 e. The lowest BCUT2D eigenvalue weighted by Crippen LogP contribution is -2.40. The summed E-state index contributed by atoms with van der Waals surface area (Å²) in [5.74, 6) is 0.0599. The Bertz CT molecular complexity index is 931. The van der Waals surface area contributed by atoms with Crippen LogP contribution in [0, 0.1) is 13.8 Å². The molecule has 1 N–H and O–H groups in total. The monoisotopic (exact) mass is 397 g/mol. The molecule has 0 saturated carbocycles. The van der Waals surface area contributed by atoms with Crippen LogP contribution in [0.5, 0.6) is 0 Å². The predicted octanol–water partition coefficient (Wildman–Crippen LogP) is 4.03. The molecule has 4 rings (SSSR count). The minimum atomic E-state index is -0.241. The minimum absolute atomic E-state index is 0.0399. The van der Waals surface area contributed by atoms with E-state index in [1.165, 1.54) is 16.7 Å². The molecule has 0 bridgehead atoms. The van der Waals surface area contributed by atoms with Gasteiger partial charge in [0, 0.05) is 29.7 Å². The lowest BCUT2D eigenvalue weighted by Gasteiger charge is -2.35. The quantitative estimate of drug-likeness (QED) is 0.704. The van der Waals surface area contributed by atoms with Crippen LogP contribution >= 0.6 is 11.3 Å². The van der Waals surface area contributed by atoms with Crippen LogP contribution in [0.15, 0.2) is 47.2 Å². The normalized spacial score (nSPS) is 16.1. The molecule has 1 amide bonds. The second-order valence-corrected chi connectivity index (χ2v) is 7.99. The van der Waals surface area contributed by atoms with Crippen LogP contribution in [-0.2, 0) is 4.74 Å². The number of pyridine rings is 1. The van der Waals surface area contributed by atoms with Crippen LogP contribution in [0.2, 0.25) is 0 Å². The number of furan rings is 1. The predicted molar refractivity (Wildman–Crippen MR) is 109 cm³/mol. The van der Waals surface area contributed by atoms with Gasteiger partial charge in [0.05, 0.1) is 31.2 Å². The van der Waals surface area contributed by atoms with Crippen molar-refractivity contribution in [2.45, 2.75) is 19.9 Å². The van der Waals surface area contributed by atoms with Gasteiger partial charge in [0.15, 0.2) is 5.76 Å². The number of hydrogen-bond acceptors (Lipinski definition) is 6. The van der Waals surface area contributed by atoms with E-state index >= 15 is 0 Å². The number of morpholine rings is 1. The Hall–Kier alpha value is -2.48. The lowest BCUT2D eigenvalue weighted by molar-refractivity contribution is 0.0233. The number of rotatable bonds is 5. The fourth-order valence-electron chi connectivity index (χ4n) is 3.53. The van der Waals surface area contributed by atoms with E-state index in [0.717, 1.165) is 29.3 Å². The average Bonchev–Trinajstić information content (AvgIpc) is 3.35. The van der Waals surface area contributed by atoms with Crippen molar-refractivity contribution in [3.8, 4) is 0 Å². The van der Waals surface area contributed by atoms with Crippen LogP contribution in [-0.4, -0.2) is 42.1 Å². The summed E-state index contributed by atoms with van der Waals surface area (Å²) in [4.78, 5) is 20.8. The summed E-state index contributed by atoms with van der Waals surface area (Å²) in [7, 11) is 0. The molecular formula is C21H23N3O3S. The van der Waals surface area contributed by atoms with Crippen molar-refractivity contribution in [3.63, 3.8) is 0 Å². The van der Waals surface area contributed by atoms with E-state index in [-0.39, 0.29) is 11.9 Å². The Morgan fingerprint density at radius 2 is 2.04 bits per heavy atom. The van der Waals surface area contributed by atoms with Gasteiger partial charge < -0.3 is 14.5 Å². The maximum atomic E-state index is 12.6. The standard InChI is InChI=1S/C21H23N3O3S/c1-14-15(2)28-21(23-20(25)17-7-5-11-27-17)18(14)19(16-6-3-4-8-22-16)24-9-12-26-13-10-24/h3-8,11,19H,9-10,12-13H2,1-2H3,(H,23,25)/t19-/m1/s1. The first-order valence-electron chi connectivity index (χ1n) is 9.32. The zero-order valence-corrected chi connectivity index (χ0v) is 16.8. The zero-order chi connectivity index (χ0) is 19.5. The third kappa shape index (κ3) is 3.73. The van der Waals surface area contributed by atoms with E-state index in [9.17, 15) is 4.79 Å². The smallest absolute Gasteiger partial charge is 0.291 e. The van der Waals surface area contributed by atoms with Gasteiger partial charge in [0.25, 0.3) is 5.91 Å². The topological polar surface area (TPSA) is 67.6 Å². The number of aryl methyl sites for hydroxylation is 1. The van der Waals surface area contributed by atoms with Crippen molar-refractivity contribution in [2.24, 2.45) is 0 Å². The van der Waals surface area contributed by atoms with Gasteiger partial charge in [-0.1, -0.05) is 6.07 Å². The van der Waals surface area contributed by atoms with Gasteiger partial charge in [-0.3, -0.25) is 14.7 Å². The molecule has 146 valence electrons. The second kappa shape index (κ2) is 8.26.